The van der Waals surface area contributed by atoms with E-state index in [9.17, 15) is 0 Å². The molecular weight excluding hydrogens is 370 g/mol. The summed E-state index contributed by atoms with van der Waals surface area (Å²) in [4.78, 5) is 27.9. The molecule has 0 rings (SSSR count). The first-order chi connectivity index (χ1) is 5.66. The van der Waals surface area contributed by atoms with Crippen LogP contribution in [0.1, 0.15) is 0 Å². The van der Waals surface area contributed by atoms with Gasteiger partial charge in [0.2, 0.25) is 0 Å². The first-order valence-corrected chi connectivity index (χ1v) is 4.59. The summed E-state index contributed by atoms with van der Waals surface area (Å²) in [7, 11) is -3.33. The van der Waals surface area contributed by atoms with Crippen molar-refractivity contribution >= 4 is 34.7 Å². The van der Waals surface area contributed by atoms with Gasteiger partial charge in [0.25, 0.3) is 0 Å². The molecule has 4 N–H and O–H groups in total. The van der Waals surface area contributed by atoms with Crippen LogP contribution < -0.4 is 0 Å². The summed E-state index contributed by atoms with van der Waals surface area (Å²) < 4.78 is 33.8. The molecule has 0 aromatic carbocycles. The zero-order valence-electron chi connectivity index (χ0n) is 5.86. The van der Waals surface area contributed by atoms with Gasteiger partial charge in [-0.25, -0.2) is 18.3 Å². The SMILES string of the molecule is O=PO.O=PO.O=PO.O=PO.[Co+2].[Ni+2]. The average molecular weight is 374 g/mol. The monoisotopic (exact) mass is 373 g/mol. The van der Waals surface area contributed by atoms with Crippen molar-refractivity contribution in [3.8, 4) is 0 Å². The molecule has 0 saturated heterocycles. The standard InChI is InChI=1S/Co.Ni.4HO2P/c;;4*1-3-2/h;;4*(H,1,2)/q2*+2;;;;. The number of hydrogen-bond donors (Lipinski definition) is 4. The number of rotatable bonds is 0. The molecular formula is H4CoNiO8P4+4. The van der Waals surface area contributed by atoms with E-state index in [4.69, 9.17) is 37.8 Å². The largest absolute Gasteiger partial charge is 2.00 e. The van der Waals surface area contributed by atoms with Crippen molar-refractivity contribution in [2.75, 3.05) is 0 Å². The summed E-state index contributed by atoms with van der Waals surface area (Å²) >= 11 is 0. The Balaban J connectivity index is -0.0000000145. The third-order valence-electron chi connectivity index (χ3n) is 0. The second-order valence-corrected chi connectivity index (χ2v) is 0.980. The van der Waals surface area contributed by atoms with E-state index in [1.54, 1.807) is 0 Å². The minimum atomic E-state index is -0.833. The Kier molecular flexibility index (Phi) is 235. The molecule has 0 aromatic heterocycles. The second-order valence-electron chi connectivity index (χ2n) is 0.327. The zero-order chi connectivity index (χ0) is 10.8. The molecule has 1 radical (unpaired) electrons. The molecule has 0 fully saturated rings. The van der Waals surface area contributed by atoms with Crippen molar-refractivity contribution in [1.29, 1.82) is 0 Å². The predicted octanol–water partition coefficient (Wildman–Crippen LogP) is 0.737. The summed E-state index contributed by atoms with van der Waals surface area (Å²) in [5, 5.41) is 0. The Morgan fingerprint density at radius 1 is 0.571 bits per heavy atom. The van der Waals surface area contributed by atoms with Gasteiger partial charge in [0.1, 0.15) is 0 Å². The van der Waals surface area contributed by atoms with Gasteiger partial charge < -0.3 is 19.6 Å². The van der Waals surface area contributed by atoms with Crippen LogP contribution in [0.25, 0.3) is 0 Å². The summed E-state index contributed by atoms with van der Waals surface area (Å²) in [6.07, 6.45) is 0. The Hall–Kier alpha value is 1.24. The van der Waals surface area contributed by atoms with Crippen LogP contribution in [0.4, 0.5) is 0 Å². The fraction of sp³-hybridized carbons (Fsp3) is 0. The van der Waals surface area contributed by atoms with Crippen molar-refractivity contribution < 1.29 is 71.1 Å². The fourth-order valence-electron chi connectivity index (χ4n) is 0. The molecule has 0 unspecified atom stereocenters. The van der Waals surface area contributed by atoms with Crippen LogP contribution in [0.2, 0.25) is 0 Å². The van der Waals surface area contributed by atoms with Gasteiger partial charge in [-0.2, -0.15) is 0 Å². The predicted molar refractivity (Wildman–Crippen MR) is 39.3 cm³/mol. The van der Waals surface area contributed by atoms with Crippen molar-refractivity contribution in [1.82, 2.24) is 0 Å². The topological polar surface area (TPSA) is 149 Å². The molecule has 0 aliphatic heterocycles. The fourth-order valence-corrected chi connectivity index (χ4v) is 0. The van der Waals surface area contributed by atoms with Crippen LogP contribution >= 0.6 is 34.7 Å². The van der Waals surface area contributed by atoms with Gasteiger partial charge in [-0.05, 0) is 0 Å². The van der Waals surface area contributed by atoms with Gasteiger partial charge in [0, 0.05) is 0 Å². The Bertz CT molecular complexity index is 75.3. The molecule has 8 nitrogen and oxygen atoms in total. The molecule has 14 heavy (non-hydrogen) atoms. The Labute approximate surface area is 106 Å². The second kappa shape index (κ2) is 90.9. The summed E-state index contributed by atoms with van der Waals surface area (Å²) in [5.41, 5.74) is 0. The van der Waals surface area contributed by atoms with E-state index in [1.807, 2.05) is 0 Å². The summed E-state index contributed by atoms with van der Waals surface area (Å²) in [5.74, 6) is 0. The van der Waals surface area contributed by atoms with Crippen molar-refractivity contribution in [3.05, 3.63) is 0 Å². The minimum absolute atomic E-state index is 0. The van der Waals surface area contributed by atoms with E-state index in [-0.39, 0.29) is 33.3 Å². The van der Waals surface area contributed by atoms with Gasteiger partial charge >= 0.3 is 68.0 Å². The molecule has 0 spiro atoms. The van der Waals surface area contributed by atoms with Crippen LogP contribution in [-0.2, 0) is 51.5 Å². The van der Waals surface area contributed by atoms with E-state index in [0.717, 1.165) is 0 Å². The first kappa shape index (κ1) is 36.2. The van der Waals surface area contributed by atoms with E-state index >= 15 is 0 Å². The van der Waals surface area contributed by atoms with Crippen LogP contribution in [0.15, 0.2) is 0 Å². The van der Waals surface area contributed by atoms with Gasteiger partial charge in [-0.3, -0.25) is 0 Å². The van der Waals surface area contributed by atoms with Crippen LogP contribution in [0.3, 0.4) is 0 Å². The molecule has 0 heterocycles. The molecule has 87 valence electrons. The molecule has 0 bridgehead atoms. The molecule has 0 amide bonds. The minimum Gasteiger partial charge on any atom is -0.310 e. The van der Waals surface area contributed by atoms with Gasteiger partial charge in [-0.1, -0.05) is 0 Å². The van der Waals surface area contributed by atoms with E-state index in [1.165, 1.54) is 0 Å². The first-order valence-electron chi connectivity index (χ1n) is 1.53. The maximum atomic E-state index is 8.46. The van der Waals surface area contributed by atoms with Crippen LogP contribution in [0.5, 0.6) is 0 Å². The van der Waals surface area contributed by atoms with Gasteiger partial charge in [0.05, 0.1) is 0 Å². The third-order valence-corrected chi connectivity index (χ3v) is 0. The van der Waals surface area contributed by atoms with Crippen molar-refractivity contribution in [2.24, 2.45) is 0 Å². The molecule has 0 aliphatic carbocycles. The van der Waals surface area contributed by atoms with Gasteiger partial charge in [0.15, 0.2) is 0 Å². The smallest absolute Gasteiger partial charge is 0.310 e. The normalized spacial score (nSPS) is 6.00. The summed E-state index contributed by atoms with van der Waals surface area (Å²) in [6, 6.07) is 0. The quantitative estimate of drug-likeness (QED) is 0.359. The molecule has 0 saturated carbocycles. The molecule has 0 aliphatic rings. The van der Waals surface area contributed by atoms with E-state index in [2.05, 4.69) is 0 Å². The van der Waals surface area contributed by atoms with Crippen LogP contribution in [-0.4, -0.2) is 19.6 Å². The number of hydrogen-bond acceptors (Lipinski definition) is 4. The van der Waals surface area contributed by atoms with Crippen molar-refractivity contribution in [3.63, 3.8) is 0 Å². The molecule has 0 aromatic rings. The Morgan fingerprint density at radius 3 is 0.571 bits per heavy atom. The zero-order valence-corrected chi connectivity index (χ0v) is 11.5. The molecule has 14 heteroatoms. The summed E-state index contributed by atoms with van der Waals surface area (Å²) in [6.45, 7) is 0. The van der Waals surface area contributed by atoms with Crippen LogP contribution in [0, 0.1) is 0 Å². The third kappa shape index (κ3) is 1290. The average Bonchev–Trinajstić information content (AvgIpc) is 1.92. The van der Waals surface area contributed by atoms with E-state index in [0.29, 0.717) is 0 Å². The van der Waals surface area contributed by atoms with Crippen molar-refractivity contribution in [2.45, 2.75) is 0 Å². The Morgan fingerprint density at radius 2 is 0.571 bits per heavy atom. The van der Waals surface area contributed by atoms with E-state index < -0.39 is 34.7 Å². The maximum absolute atomic E-state index is 8.46. The molecule has 0 atom stereocenters. The maximum Gasteiger partial charge on any atom is 2.00 e. The van der Waals surface area contributed by atoms with Gasteiger partial charge in [-0.15, -0.1) is 0 Å².